The molecule has 33 heavy (non-hydrogen) atoms. The molecule has 11 heteroatoms. The Morgan fingerprint density at radius 3 is 2.61 bits per heavy atom. The summed E-state index contributed by atoms with van der Waals surface area (Å²) in [5.74, 6) is -2.26. The Morgan fingerprint density at radius 1 is 1.06 bits per heavy atom. The first-order chi connectivity index (χ1) is 15.8. The molecule has 0 unspecified atom stereocenters. The van der Waals surface area contributed by atoms with Crippen molar-refractivity contribution in [1.29, 1.82) is 0 Å². The number of H-pyrrole nitrogens is 1. The first kappa shape index (κ1) is 21.4. The third-order valence-corrected chi connectivity index (χ3v) is 5.46. The molecule has 0 bridgehead atoms. The van der Waals surface area contributed by atoms with Gasteiger partial charge in [0.1, 0.15) is 17.8 Å². The van der Waals surface area contributed by atoms with Gasteiger partial charge in [0.05, 0.1) is 47.6 Å². The molecule has 0 spiro atoms. The largest absolute Gasteiger partial charge is 0.487 e. The molecule has 1 saturated heterocycles. The summed E-state index contributed by atoms with van der Waals surface area (Å²) in [7, 11) is 0. The molecule has 0 aliphatic carbocycles. The van der Waals surface area contributed by atoms with Crippen LogP contribution in [0.4, 0.5) is 33.3 Å². The van der Waals surface area contributed by atoms with E-state index in [4.69, 9.17) is 9.47 Å². The molecule has 2 N–H and O–H groups in total. The number of ether oxygens (including phenoxy) is 2. The van der Waals surface area contributed by atoms with Gasteiger partial charge in [-0.15, -0.1) is 0 Å². The van der Waals surface area contributed by atoms with Gasteiger partial charge in [0, 0.05) is 24.5 Å². The molecule has 5 rings (SSSR count). The van der Waals surface area contributed by atoms with Crippen molar-refractivity contribution >= 4 is 17.2 Å². The van der Waals surface area contributed by atoms with Gasteiger partial charge in [-0.25, -0.2) is 13.8 Å². The topological polar surface area (TPSA) is 71.5 Å². The summed E-state index contributed by atoms with van der Waals surface area (Å²) >= 11 is 0. The Kier molecular flexibility index (Phi) is 5.28. The van der Waals surface area contributed by atoms with Crippen molar-refractivity contribution in [2.75, 3.05) is 18.5 Å². The van der Waals surface area contributed by atoms with Crippen molar-refractivity contribution in [3.8, 4) is 17.0 Å². The van der Waals surface area contributed by atoms with E-state index in [-0.39, 0.29) is 34.6 Å². The van der Waals surface area contributed by atoms with Crippen molar-refractivity contribution < 1.29 is 31.4 Å². The zero-order valence-electron chi connectivity index (χ0n) is 17.0. The van der Waals surface area contributed by atoms with Crippen LogP contribution in [-0.4, -0.2) is 35.4 Å². The number of alkyl halides is 3. The molecule has 6 nitrogen and oxygen atoms in total. The first-order valence-electron chi connectivity index (χ1n) is 10.1. The molecule has 2 aliphatic heterocycles. The Hall–Kier alpha value is -3.47. The number of anilines is 1. The van der Waals surface area contributed by atoms with Crippen molar-refractivity contribution in [3.05, 3.63) is 59.3 Å². The molecule has 0 amide bonds. The fraction of sp³-hybridized carbons (Fsp3) is 0.273. The number of hydrogen-bond acceptors (Lipinski definition) is 5. The maximum Gasteiger partial charge on any atom is 0.417 e. The summed E-state index contributed by atoms with van der Waals surface area (Å²) in [5.41, 5.74) is -1.08. The van der Waals surface area contributed by atoms with Gasteiger partial charge in [-0.3, -0.25) is 5.10 Å². The van der Waals surface area contributed by atoms with E-state index in [1.807, 2.05) is 0 Å². The number of fused-ring (bicyclic) bond motifs is 3. The lowest BCUT2D eigenvalue weighted by atomic mass is 10.0. The highest BCUT2D eigenvalue weighted by Gasteiger charge is 2.37. The molecule has 2 aromatic carbocycles. The van der Waals surface area contributed by atoms with E-state index in [0.29, 0.717) is 31.7 Å². The Balaban J connectivity index is 1.66. The van der Waals surface area contributed by atoms with Gasteiger partial charge in [0.25, 0.3) is 0 Å². The van der Waals surface area contributed by atoms with E-state index < -0.39 is 28.9 Å². The summed E-state index contributed by atoms with van der Waals surface area (Å²) in [5, 5.41) is 9.29. The van der Waals surface area contributed by atoms with E-state index in [9.17, 15) is 22.0 Å². The highest BCUT2D eigenvalue weighted by Crippen LogP contribution is 2.42. The van der Waals surface area contributed by atoms with E-state index in [0.717, 1.165) is 18.2 Å². The van der Waals surface area contributed by atoms with Gasteiger partial charge in [-0.05, 0) is 18.2 Å². The second-order valence-electron chi connectivity index (χ2n) is 7.63. The normalized spacial score (nSPS) is 16.3. The first-order valence-corrected chi connectivity index (χ1v) is 10.1. The third kappa shape index (κ3) is 4.04. The van der Waals surface area contributed by atoms with Crippen LogP contribution < -0.4 is 10.1 Å². The lowest BCUT2D eigenvalue weighted by Gasteiger charge is -2.23. The average molecular weight is 464 g/mol. The molecular weight excluding hydrogens is 447 g/mol. The second kappa shape index (κ2) is 8.14. The molecular formula is C22H17F5N4O2. The van der Waals surface area contributed by atoms with Crippen LogP contribution in [0.15, 0.2) is 41.5 Å². The monoisotopic (exact) mass is 464 g/mol. The van der Waals surface area contributed by atoms with E-state index >= 15 is 0 Å². The quantitative estimate of drug-likeness (QED) is 0.507. The zero-order valence-corrected chi connectivity index (χ0v) is 17.0. The van der Waals surface area contributed by atoms with Gasteiger partial charge >= 0.3 is 6.18 Å². The molecule has 1 fully saturated rings. The highest BCUT2D eigenvalue weighted by molar-refractivity contribution is 6.14. The number of hydrogen-bond donors (Lipinski definition) is 2. The summed E-state index contributed by atoms with van der Waals surface area (Å²) in [4.78, 5) is 4.27. The van der Waals surface area contributed by atoms with Crippen molar-refractivity contribution in [3.63, 3.8) is 0 Å². The number of rotatable bonds is 3. The highest BCUT2D eigenvalue weighted by atomic mass is 19.4. The predicted octanol–water partition coefficient (Wildman–Crippen LogP) is 5.44. The van der Waals surface area contributed by atoms with Crippen LogP contribution in [-0.2, 0) is 10.9 Å². The molecule has 1 aromatic heterocycles. The summed E-state index contributed by atoms with van der Waals surface area (Å²) < 4.78 is 81.6. The number of nitrogens with zero attached hydrogens (tertiary/aromatic N) is 2. The fourth-order valence-electron chi connectivity index (χ4n) is 3.88. The molecule has 0 atom stereocenters. The molecule has 3 aromatic rings. The lowest BCUT2D eigenvalue weighted by Crippen LogP contribution is -2.26. The summed E-state index contributed by atoms with van der Waals surface area (Å²) in [6.07, 6.45) is -2.65. The molecule has 172 valence electrons. The van der Waals surface area contributed by atoms with Gasteiger partial charge in [0.2, 0.25) is 0 Å². The molecule has 0 radical (unpaired) electrons. The summed E-state index contributed by atoms with van der Waals surface area (Å²) in [6.45, 7) is 0.961. The van der Waals surface area contributed by atoms with Gasteiger partial charge in [0.15, 0.2) is 11.6 Å². The van der Waals surface area contributed by atoms with Gasteiger partial charge in [-0.2, -0.15) is 18.3 Å². The van der Waals surface area contributed by atoms with Crippen molar-refractivity contribution in [2.24, 2.45) is 4.99 Å². The third-order valence-electron chi connectivity index (χ3n) is 5.46. The molecule has 0 saturated carbocycles. The minimum absolute atomic E-state index is 0.0975. The smallest absolute Gasteiger partial charge is 0.417 e. The number of aromatic nitrogens is 2. The maximum absolute atomic E-state index is 14.9. The van der Waals surface area contributed by atoms with Crippen molar-refractivity contribution in [1.82, 2.24) is 10.2 Å². The second-order valence-corrected chi connectivity index (χ2v) is 7.63. The number of benzene rings is 2. The van der Waals surface area contributed by atoms with Crippen LogP contribution in [0.3, 0.4) is 0 Å². The van der Waals surface area contributed by atoms with Crippen LogP contribution in [0.2, 0.25) is 0 Å². The van der Waals surface area contributed by atoms with Gasteiger partial charge < -0.3 is 14.8 Å². The fourth-order valence-corrected chi connectivity index (χ4v) is 3.88. The van der Waals surface area contributed by atoms with Crippen LogP contribution in [0, 0.1) is 11.6 Å². The predicted molar refractivity (Wildman–Crippen MR) is 110 cm³/mol. The number of amidine groups is 1. The van der Waals surface area contributed by atoms with E-state index in [1.54, 1.807) is 0 Å². The van der Waals surface area contributed by atoms with E-state index in [2.05, 4.69) is 20.5 Å². The van der Waals surface area contributed by atoms with E-state index in [1.165, 1.54) is 18.3 Å². The molecule has 2 aliphatic rings. The maximum atomic E-state index is 14.9. The Labute approximate surface area is 184 Å². The van der Waals surface area contributed by atoms with Crippen LogP contribution in [0.25, 0.3) is 11.3 Å². The number of halogens is 5. The molecule has 3 heterocycles. The summed E-state index contributed by atoms with van der Waals surface area (Å²) in [6, 6.07) is 5.13. The zero-order chi connectivity index (χ0) is 23.2. The van der Waals surface area contributed by atoms with Crippen molar-refractivity contribution in [2.45, 2.75) is 25.1 Å². The number of aromatic amines is 1. The van der Waals surface area contributed by atoms with Crippen LogP contribution in [0.5, 0.6) is 5.75 Å². The SMILES string of the molecule is Fc1cc2c(cc1OC1CCOCC1)N=C(c1c(F)cccc1C(F)(F)F)Nc1cn[nH]c1-2. The van der Waals surface area contributed by atoms with Crippen LogP contribution >= 0.6 is 0 Å². The average Bonchev–Trinajstić information content (AvgIpc) is 3.18. The Morgan fingerprint density at radius 2 is 1.85 bits per heavy atom. The standard InChI is InChI=1S/C22H17F5N4O2/c23-14-3-1-2-13(22(25,26)27)19(14)21-29-16-9-18(33-11-4-6-32-7-5-11)15(24)8-12(16)20-17(30-21)10-28-31-20/h1-3,8-11H,4-7H2,(H,28,31)(H,29,30). The minimum atomic E-state index is -4.82. The van der Waals surface area contributed by atoms with Gasteiger partial charge in [-0.1, -0.05) is 6.07 Å². The Bertz CT molecular complexity index is 1230. The lowest BCUT2D eigenvalue weighted by molar-refractivity contribution is -0.137. The van der Waals surface area contributed by atoms with Crippen LogP contribution in [0.1, 0.15) is 24.0 Å². The number of nitrogens with one attached hydrogen (secondary N) is 2. The number of aliphatic imine (C=N–C) groups is 1. The minimum Gasteiger partial charge on any atom is -0.487 e.